The Morgan fingerprint density at radius 1 is 1.45 bits per heavy atom. The van der Waals surface area contributed by atoms with Crippen LogP contribution in [0.25, 0.3) is 0 Å². The standard InChI is InChI=1S/C13H19BrN2O2S.ClH/c1-10-4-3-7-16(13(10)9-15)19(17,18)12-6-2-5-11(14)8-12;/h2,5-6,8,10,13H,3-4,7,9,15H2,1H3;1H. The van der Waals surface area contributed by atoms with E-state index in [1.165, 1.54) is 0 Å². The van der Waals surface area contributed by atoms with Crippen LogP contribution >= 0.6 is 28.3 Å². The summed E-state index contributed by atoms with van der Waals surface area (Å²) in [5.41, 5.74) is 5.77. The Kier molecular flexibility index (Phi) is 6.47. The molecule has 4 nitrogen and oxygen atoms in total. The first-order chi connectivity index (χ1) is 8.96. The number of benzene rings is 1. The van der Waals surface area contributed by atoms with Gasteiger partial charge in [0, 0.05) is 23.6 Å². The van der Waals surface area contributed by atoms with Crippen molar-refractivity contribution < 1.29 is 8.42 Å². The second-order valence-electron chi connectivity index (χ2n) is 5.00. The van der Waals surface area contributed by atoms with Crippen molar-refractivity contribution in [2.45, 2.75) is 30.7 Å². The predicted octanol–water partition coefficient (Wildman–Crippen LogP) is 2.62. The molecule has 0 radical (unpaired) electrons. The molecule has 2 rings (SSSR count). The normalized spacial score (nSPS) is 24.1. The van der Waals surface area contributed by atoms with Gasteiger partial charge in [-0.2, -0.15) is 4.31 Å². The summed E-state index contributed by atoms with van der Waals surface area (Å²) < 4.78 is 27.7. The molecule has 0 aromatic heterocycles. The molecule has 1 aliphatic rings. The number of rotatable bonds is 3. The molecule has 0 amide bonds. The Bertz CT molecular complexity index is 553. The number of sulfonamides is 1. The van der Waals surface area contributed by atoms with Crippen LogP contribution in [-0.2, 0) is 10.0 Å². The lowest BCUT2D eigenvalue weighted by Gasteiger charge is -2.38. The van der Waals surface area contributed by atoms with Gasteiger partial charge in [0.2, 0.25) is 10.0 Å². The van der Waals surface area contributed by atoms with Gasteiger partial charge in [0.25, 0.3) is 0 Å². The molecule has 1 aromatic rings. The van der Waals surface area contributed by atoms with Gasteiger partial charge in [-0.3, -0.25) is 0 Å². The van der Waals surface area contributed by atoms with E-state index in [1.807, 2.05) is 6.07 Å². The first kappa shape index (κ1) is 17.9. The highest BCUT2D eigenvalue weighted by Crippen LogP contribution is 2.29. The van der Waals surface area contributed by atoms with Crippen LogP contribution in [0, 0.1) is 5.92 Å². The number of nitrogens with zero attached hydrogens (tertiary/aromatic N) is 1. The van der Waals surface area contributed by atoms with E-state index >= 15 is 0 Å². The van der Waals surface area contributed by atoms with Crippen LogP contribution in [0.2, 0.25) is 0 Å². The van der Waals surface area contributed by atoms with Gasteiger partial charge in [-0.1, -0.05) is 28.9 Å². The van der Waals surface area contributed by atoms with Gasteiger partial charge in [0.15, 0.2) is 0 Å². The molecule has 7 heteroatoms. The number of hydrogen-bond donors (Lipinski definition) is 1. The maximum atomic E-state index is 12.7. The molecule has 2 unspecified atom stereocenters. The van der Waals surface area contributed by atoms with E-state index in [9.17, 15) is 8.42 Å². The van der Waals surface area contributed by atoms with E-state index in [2.05, 4.69) is 22.9 Å². The van der Waals surface area contributed by atoms with Crippen LogP contribution < -0.4 is 5.73 Å². The van der Waals surface area contributed by atoms with Crippen molar-refractivity contribution in [2.75, 3.05) is 13.1 Å². The molecule has 0 aliphatic carbocycles. The zero-order valence-electron chi connectivity index (χ0n) is 11.3. The summed E-state index contributed by atoms with van der Waals surface area (Å²) in [5.74, 6) is 0.306. The molecule has 1 heterocycles. The van der Waals surface area contributed by atoms with Crippen LogP contribution in [0.1, 0.15) is 19.8 Å². The minimum absolute atomic E-state index is 0. The zero-order chi connectivity index (χ0) is 14.0. The molecule has 0 bridgehead atoms. The quantitative estimate of drug-likeness (QED) is 0.872. The van der Waals surface area contributed by atoms with Crippen LogP contribution in [0.4, 0.5) is 0 Å². The average Bonchev–Trinajstić information content (AvgIpc) is 2.38. The summed E-state index contributed by atoms with van der Waals surface area (Å²) in [4.78, 5) is 0.328. The molecular formula is C13H20BrClN2O2S. The van der Waals surface area contributed by atoms with Crippen molar-refractivity contribution in [1.29, 1.82) is 0 Å². The Hall–Kier alpha value is -0.140. The number of piperidine rings is 1. The summed E-state index contributed by atoms with van der Waals surface area (Å²) in [7, 11) is -3.46. The highest BCUT2D eigenvalue weighted by Gasteiger charge is 2.36. The van der Waals surface area contributed by atoms with E-state index in [0.29, 0.717) is 23.9 Å². The highest BCUT2D eigenvalue weighted by atomic mass is 79.9. The second-order valence-corrected chi connectivity index (χ2v) is 7.80. The van der Waals surface area contributed by atoms with Gasteiger partial charge in [0.1, 0.15) is 0 Å². The first-order valence-electron chi connectivity index (χ1n) is 6.44. The fourth-order valence-corrected chi connectivity index (χ4v) is 4.99. The molecular weight excluding hydrogens is 364 g/mol. The molecule has 1 aliphatic heterocycles. The van der Waals surface area contributed by atoms with Crippen molar-refractivity contribution >= 4 is 38.4 Å². The molecule has 20 heavy (non-hydrogen) atoms. The number of hydrogen-bond acceptors (Lipinski definition) is 3. The van der Waals surface area contributed by atoms with Crippen molar-refractivity contribution in [3.05, 3.63) is 28.7 Å². The number of nitrogens with two attached hydrogens (primary N) is 1. The summed E-state index contributed by atoms with van der Waals surface area (Å²) >= 11 is 3.32. The number of halogens is 2. The smallest absolute Gasteiger partial charge is 0.243 e. The third-order valence-corrected chi connectivity index (χ3v) is 6.12. The summed E-state index contributed by atoms with van der Waals surface area (Å²) in [6, 6.07) is 6.73. The Morgan fingerprint density at radius 3 is 2.75 bits per heavy atom. The van der Waals surface area contributed by atoms with Crippen molar-refractivity contribution in [3.8, 4) is 0 Å². The van der Waals surface area contributed by atoms with Crippen LogP contribution in [0.15, 0.2) is 33.6 Å². The topological polar surface area (TPSA) is 63.4 Å². The van der Waals surface area contributed by atoms with Gasteiger partial charge in [-0.15, -0.1) is 12.4 Å². The molecule has 1 saturated heterocycles. The predicted molar refractivity (Wildman–Crippen MR) is 86.5 cm³/mol. The summed E-state index contributed by atoms with van der Waals surface area (Å²) in [6.07, 6.45) is 1.93. The second kappa shape index (κ2) is 7.22. The van der Waals surface area contributed by atoms with E-state index in [0.717, 1.165) is 17.3 Å². The lowest BCUT2D eigenvalue weighted by Crippen LogP contribution is -2.51. The first-order valence-corrected chi connectivity index (χ1v) is 8.67. The molecule has 114 valence electrons. The van der Waals surface area contributed by atoms with E-state index in [-0.39, 0.29) is 18.4 Å². The molecule has 1 aromatic carbocycles. The Morgan fingerprint density at radius 2 is 2.15 bits per heavy atom. The third-order valence-electron chi connectivity index (χ3n) is 3.71. The van der Waals surface area contributed by atoms with E-state index in [4.69, 9.17) is 5.73 Å². The van der Waals surface area contributed by atoms with Gasteiger partial charge in [-0.25, -0.2) is 8.42 Å². The monoisotopic (exact) mass is 382 g/mol. The van der Waals surface area contributed by atoms with Gasteiger partial charge in [-0.05, 0) is 37.0 Å². The minimum Gasteiger partial charge on any atom is -0.329 e. The lowest BCUT2D eigenvalue weighted by molar-refractivity contribution is 0.192. The van der Waals surface area contributed by atoms with Gasteiger partial charge < -0.3 is 5.73 Å². The fraction of sp³-hybridized carbons (Fsp3) is 0.538. The Labute approximate surface area is 135 Å². The average molecular weight is 384 g/mol. The third kappa shape index (κ3) is 3.54. The lowest BCUT2D eigenvalue weighted by atomic mass is 9.93. The maximum Gasteiger partial charge on any atom is 0.243 e. The summed E-state index contributed by atoms with van der Waals surface area (Å²) in [6.45, 7) is 3.00. The van der Waals surface area contributed by atoms with Crippen LogP contribution in [0.3, 0.4) is 0 Å². The maximum absolute atomic E-state index is 12.7. The summed E-state index contributed by atoms with van der Waals surface area (Å²) in [5, 5.41) is 0. The molecule has 2 atom stereocenters. The molecule has 2 N–H and O–H groups in total. The van der Waals surface area contributed by atoms with Gasteiger partial charge in [0.05, 0.1) is 4.90 Å². The van der Waals surface area contributed by atoms with Crippen molar-refractivity contribution in [1.82, 2.24) is 4.31 Å². The minimum atomic E-state index is -3.46. The largest absolute Gasteiger partial charge is 0.329 e. The van der Waals surface area contributed by atoms with E-state index in [1.54, 1.807) is 22.5 Å². The van der Waals surface area contributed by atoms with Crippen LogP contribution in [-0.4, -0.2) is 31.9 Å². The highest BCUT2D eigenvalue weighted by molar-refractivity contribution is 9.10. The van der Waals surface area contributed by atoms with Crippen molar-refractivity contribution in [2.24, 2.45) is 11.7 Å². The van der Waals surface area contributed by atoms with Gasteiger partial charge >= 0.3 is 0 Å². The molecule has 0 spiro atoms. The molecule has 1 fully saturated rings. The van der Waals surface area contributed by atoms with Crippen molar-refractivity contribution in [3.63, 3.8) is 0 Å². The fourth-order valence-electron chi connectivity index (χ4n) is 2.62. The Balaban J connectivity index is 0.00000200. The SMILES string of the molecule is CC1CCCN(S(=O)(=O)c2cccc(Br)c2)C1CN.Cl. The zero-order valence-corrected chi connectivity index (χ0v) is 14.5. The van der Waals surface area contributed by atoms with E-state index < -0.39 is 10.0 Å². The van der Waals surface area contributed by atoms with Crippen LogP contribution in [0.5, 0.6) is 0 Å². The molecule has 0 saturated carbocycles.